The largest absolute Gasteiger partial charge is 0.481 e. The molecule has 1 aromatic rings. The van der Waals surface area contributed by atoms with Crippen LogP contribution in [0.25, 0.3) is 0 Å². The van der Waals surface area contributed by atoms with Crippen LogP contribution in [0.4, 0.5) is 0 Å². The van der Waals surface area contributed by atoms with Crippen molar-refractivity contribution in [1.82, 2.24) is 0 Å². The molecule has 0 bridgehead atoms. The summed E-state index contributed by atoms with van der Waals surface area (Å²) in [5, 5.41) is 19.4. The topological polar surface area (TPSA) is 74.6 Å². The van der Waals surface area contributed by atoms with Crippen LogP contribution in [0.15, 0.2) is 16.3 Å². The van der Waals surface area contributed by atoms with Crippen LogP contribution in [0.2, 0.25) is 0 Å². The number of thiophene rings is 1. The van der Waals surface area contributed by atoms with Crippen LogP contribution in [0.3, 0.4) is 0 Å². The second kappa shape index (κ2) is 4.88. The highest BCUT2D eigenvalue weighted by atomic mass is 32.2. The number of carboxylic acids is 2. The lowest BCUT2D eigenvalue weighted by molar-refractivity contribution is -0.145. The van der Waals surface area contributed by atoms with E-state index in [2.05, 4.69) is 0 Å². The van der Waals surface area contributed by atoms with E-state index in [9.17, 15) is 9.59 Å². The Morgan fingerprint density at radius 2 is 2.06 bits per heavy atom. The first-order chi connectivity index (χ1) is 7.33. The molecule has 0 aromatic carbocycles. The molecular weight excluding hydrogens is 248 g/mol. The monoisotopic (exact) mass is 260 g/mol. The third-order valence-corrected chi connectivity index (χ3v) is 4.47. The molecule has 0 atom stereocenters. The number of hydrogen-bond acceptors (Lipinski definition) is 4. The summed E-state index contributed by atoms with van der Waals surface area (Å²) in [5.74, 6) is -1.39. The summed E-state index contributed by atoms with van der Waals surface area (Å²) in [5.41, 5.74) is -0.810. The van der Waals surface area contributed by atoms with Gasteiger partial charge in [0, 0.05) is 16.0 Å². The van der Waals surface area contributed by atoms with Gasteiger partial charge in [0.25, 0.3) is 0 Å². The van der Waals surface area contributed by atoms with Gasteiger partial charge in [0.05, 0.1) is 5.41 Å². The number of thioether (sulfide) groups is 1. The molecule has 4 nitrogen and oxygen atoms in total. The average Bonchev–Trinajstić information content (AvgIpc) is 2.63. The predicted molar refractivity (Wildman–Crippen MR) is 63.4 cm³/mol. The van der Waals surface area contributed by atoms with E-state index in [0.29, 0.717) is 5.75 Å². The molecule has 0 saturated carbocycles. The molecule has 1 heterocycles. The van der Waals surface area contributed by atoms with Gasteiger partial charge in [-0.25, -0.2) is 4.79 Å². The summed E-state index contributed by atoms with van der Waals surface area (Å²) in [6.45, 7) is 3.29. The maximum absolute atomic E-state index is 10.9. The molecule has 1 rings (SSSR count). The molecule has 0 fully saturated rings. The van der Waals surface area contributed by atoms with Gasteiger partial charge < -0.3 is 10.2 Å². The molecule has 16 heavy (non-hydrogen) atoms. The first kappa shape index (κ1) is 13.1. The minimum Gasteiger partial charge on any atom is -0.481 e. The molecular formula is C10H12O4S2. The molecule has 1 aromatic heterocycles. The molecule has 0 saturated heterocycles. The number of aliphatic carboxylic acids is 1. The van der Waals surface area contributed by atoms with Crippen molar-refractivity contribution in [3.63, 3.8) is 0 Å². The average molecular weight is 260 g/mol. The Hall–Kier alpha value is -1.01. The Morgan fingerprint density at radius 1 is 1.44 bits per heavy atom. The molecule has 2 N–H and O–H groups in total. The van der Waals surface area contributed by atoms with E-state index in [1.165, 1.54) is 11.8 Å². The number of hydrogen-bond donors (Lipinski definition) is 2. The minimum absolute atomic E-state index is 0.274. The van der Waals surface area contributed by atoms with E-state index >= 15 is 0 Å². The van der Waals surface area contributed by atoms with Crippen molar-refractivity contribution < 1.29 is 19.8 Å². The van der Waals surface area contributed by atoms with Gasteiger partial charge in [-0.3, -0.25) is 4.79 Å². The van der Waals surface area contributed by atoms with E-state index in [-0.39, 0.29) is 4.88 Å². The van der Waals surface area contributed by atoms with Crippen molar-refractivity contribution in [2.24, 2.45) is 5.41 Å². The maximum atomic E-state index is 10.9. The van der Waals surface area contributed by atoms with Gasteiger partial charge >= 0.3 is 11.9 Å². The molecule has 0 radical (unpaired) electrons. The van der Waals surface area contributed by atoms with Crippen LogP contribution in [0, 0.1) is 5.41 Å². The molecule has 0 aliphatic carbocycles. The van der Waals surface area contributed by atoms with Crippen molar-refractivity contribution in [3.05, 3.63) is 16.3 Å². The Kier molecular flexibility index (Phi) is 3.98. The van der Waals surface area contributed by atoms with Gasteiger partial charge in [0.15, 0.2) is 0 Å². The summed E-state index contributed by atoms with van der Waals surface area (Å²) >= 11 is 2.51. The summed E-state index contributed by atoms with van der Waals surface area (Å²) in [7, 11) is 0. The summed E-state index contributed by atoms with van der Waals surface area (Å²) < 4.78 is 0. The fraction of sp³-hybridized carbons (Fsp3) is 0.400. The van der Waals surface area contributed by atoms with E-state index in [1.807, 2.05) is 0 Å². The van der Waals surface area contributed by atoms with Crippen molar-refractivity contribution in [1.29, 1.82) is 0 Å². The molecule has 6 heteroatoms. The first-order valence-corrected chi connectivity index (χ1v) is 6.37. The van der Waals surface area contributed by atoms with Crippen LogP contribution in [-0.2, 0) is 4.79 Å². The fourth-order valence-corrected chi connectivity index (χ4v) is 2.78. The minimum atomic E-state index is -0.950. The molecule has 0 spiro atoms. The van der Waals surface area contributed by atoms with E-state index in [1.54, 1.807) is 25.3 Å². The van der Waals surface area contributed by atoms with E-state index in [4.69, 9.17) is 10.2 Å². The van der Waals surface area contributed by atoms with E-state index in [0.717, 1.165) is 16.2 Å². The highest BCUT2D eigenvalue weighted by Crippen LogP contribution is 2.30. The SMILES string of the molecule is CC(C)(CSc1csc(C(=O)O)c1)C(=O)O. The van der Waals surface area contributed by atoms with Gasteiger partial charge in [0.1, 0.15) is 4.88 Å². The van der Waals surface area contributed by atoms with Crippen LogP contribution < -0.4 is 0 Å². The fourth-order valence-electron chi connectivity index (χ4n) is 0.832. The lowest BCUT2D eigenvalue weighted by Gasteiger charge is -2.17. The van der Waals surface area contributed by atoms with Gasteiger partial charge in [-0.15, -0.1) is 23.1 Å². The molecule has 0 aliphatic heterocycles. The maximum Gasteiger partial charge on any atom is 0.345 e. The second-order valence-corrected chi connectivity index (χ2v) is 5.89. The summed E-state index contributed by atoms with van der Waals surface area (Å²) in [6, 6.07) is 1.57. The number of carbonyl (C=O) groups is 2. The highest BCUT2D eigenvalue weighted by molar-refractivity contribution is 7.99. The van der Waals surface area contributed by atoms with Crippen LogP contribution in [0.1, 0.15) is 23.5 Å². The molecule has 0 aliphatic rings. The number of aromatic carboxylic acids is 1. The zero-order valence-corrected chi connectivity index (χ0v) is 10.5. The standard InChI is InChI=1S/C10H12O4S2/c1-10(2,9(13)14)5-16-6-3-7(8(11)12)15-4-6/h3-4H,5H2,1-2H3,(H,11,12)(H,13,14). The van der Waals surface area contributed by atoms with Crippen molar-refractivity contribution in [2.45, 2.75) is 18.7 Å². The Morgan fingerprint density at radius 3 is 2.50 bits per heavy atom. The van der Waals surface area contributed by atoms with E-state index < -0.39 is 17.4 Å². The normalized spacial score (nSPS) is 11.4. The lowest BCUT2D eigenvalue weighted by Crippen LogP contribution is -2.26. The number of carboxylic acid groups (broad SMARTS) is 2. The summed E-state index contributed by atoms with van der Waals surface area (Å²) in [6.07, 6.45) is 0. The van der Waals surface area contributed by atoms with Crippen LogP contribution in [0.5, 0.6) is 0 Å². The van der Waals surface area contributed by atoms with Gasteiger partial charge in [0.2, 0.25) is 0 Å². The Labute approximate surface area is 101 Å². The second-order valence-electron chi connectivity index (χ2n) is 3.93. The predicted octanol–water partition coefficient (Wildman–Crippen LogP) is 2.65. The zero-order chi connectivity index (χ0) is 12.3. The zero-order valence-electron chi connectivity index (χ0n) is 8.89. The molecule has 88 valence electrons. The molecule has 0 unspecified atom stereocenters. The smallest absolute Gasteiger partial charge is 0.345 e. The quantitative estimate of drug-likeness (QED) is 0.796. The first-order valence-electron chi connectivity index (χ1n) is 4.51. The molecule has 0 amide bonds. The van der Waals surface area contributed by atoms with Crippen molar-refractivity contribution in [2.75, 3.05) is 5.75 Å². The highest BCUT2D eigenvalue weighted by Gasteiger charge is 2.27. The van der Waals surface area contributed by atoms with Crippen molar-refractivity contribution >= 4 is 35.0 Å². The summed E-state index contributed by atoms with van der Waals surface area (Å²) in [4.78, 5) is 22.6. The Balaban J connectivity index is 2.61. The number of rotatable bonds is 5. The Bertz CT molecular complexity index is 409. The van der Waals surface area contributed by atoms with Gasteiger partial charge in [-0.1, -0.05) is 0 Å². The third-order valence-electron chi connectivity index (χ3n) is 1.96. The third kappa shape index (κ3) is 3.24. The van der Waals surface area contributed by atoms with Gasteiger partial charge in [-0.2, -0.15) is 0 Å². The lowest BCUT2D eigenvalue weighted by atomic mass is 9.97. The van der Waals surface area contributed by atoms with Gasteiger partial charge in [-0.05, 0) is 19.9 Å². The van der Waals surface area contributed by atoms with Crippen LogP contribution >= 0.6 is 23.1 Å². The van der Waals surface area contributed by atoms with Crippen LogP contribution in [-0.4, -0.2) is 27.9 Å². The van der Waals surface area contributed by atoms with Crippen molar-refractivity contribution in [3.8, 4) is 0 Å².